The molecule has 0 saturated heterocycles. The molecule has 0 aliphatic carbocycles. The molecule has 0 heterocycles. The molecule has 1 aromatic carbocycles. The van der Waals surface area contributed by atoms with Crippen LogP contribution < -0.4 is 0 Å². The summed E-state index contributed by atoms with van der Waals surface area (Å²) in [5, 5.41) is 18.4. The van der Waals surface area contributed by atoms with E-state index in [1.54, 1.807) is 12.1 Å². The SMILES string of the molecule is CC(=O)C(Br)c1c(S)cccc1C(O)C(=O)O. The number of ketones is 1. The van der Waals surface area contributed by atoms with Crippen LogP contribution in [0.3, 0.4) is 0 Å². The van der Waals surface area contributed by atoms with Crippen molar-refractivity contribution >= 4 is 40.3 Å². The van der Waals surface area contributed by atoms with Gasteiger partial charge < -0.3 is 10.2 Å². The number of thiol groups is 1. The van der Waals surface area contributed by atoms with E-state index in [0.29, 0.717) is 10.5 Å². The van der Waals surface area contributed by atoms with Crippen molar-refractivity contribution in [2.75, 3.05) is 0 Å². The first-order valence-electron chi connectivity index (χ1n) is 4.73. The summed E-state index contributed by atoms with van der Waals surface area (Å²) in [4.78, 5) is 21.9. The summed E-state index contributed by atoms with van der Waals surface area (Å²) in [5.74, 6) is -1.56. The van der Waals surface area contributed by atoms with E-state index in [1.807, 2.05) is 0 Å². The second-order valence-electron chi connectivity index (χ2n) is 3.49. The van der Waals surface area contributed by atoms with Gasteiger partial charge in [0.25, 0.3) is 0 Å². The highest BCUT2D eigenvalue weighted by Crippen LogP contribution is 2.35. The lowest BCUT2D eigenvalue weighted by Gasteiger charge is -2.17. The fourth-order valence-electron chi connectivity index (χ4n) is 1.42. The van der Waals surface area contributed by atoms with Crippen LogP contribution in [0.2, 0.25) is 0 Å². The Balaban J connectivity index is 3.36. The number of benzene rings is 1. The minimum atomic E-state index is -1.67. The molecule has 4 nitrogen and oxygen atoms in total. The van der Waals surface area contributed by atoms with Crippen LogP contribution in [-0.2, 0) is 9.59 Å². The number of Topliss-reactive ketones (excluding diaryl/α,β-unsaturated/α-hetero) is 1. The summed E-state index contributed by atoms with van der Waals surface area (Å²) in [6.07, 6.45) is -1.67. The number of halogens is 1. The third kappa shape index (κ3) is 3.08. The maximum absolute atomic E-state index is 11.3. The number of carbonyl (C=O) groups is 2. The van der Waals surface area contributed by atoms with Crippen LogP contribution in [0.1, 0.15) is 29.0 Å². The number of hydrogen-bond acceptors (Lipinski definition) is 4. The van der Waals surface area contributed by atoms with E-state index >= 15 is 0 Å². The number of aliphatic carboxylic acids is 1. The molecule has 1 aromatic rings. The average Bonchev–Trinajstić information content (AvgIpc) is 2.26. The molecule has 2 N–H and O–H groups in total. The Labute approximate surface area is 112 Å². The summed E-state index contributed by atoms with van der Waals surface area (Å²) >= 11 is 7.35. The van der Waals surface area contributed by atoms with Gasteiger partial charge in [0.1, 0.15) is 5.78 Å². The molecular formula is C11H11BrO4S. The van der Waals surface area contributed by atoms with Crippen molar-refractivity contribution < 1.29 is 19.8 Å². The molecular weight excluding hydrogens is 308 g/mol. The van der Waals surface area contributed by atoms with Crippen molar-refractivity contribution in [3.8, 4) is 0 Å². The average molecular weight is 319 g/mol. The van der Waals surface area contributed by atoms with Gasteiger partial charge in [-0.25, -0.2) is 4.79 Å². The highest BCUT2D eigenvalue weighted by Gasteiger charge is 2.26. The van der Waals surface area contributed by atoms with Gasteiger partial charge in [0.05, 0.1) is 4.83 Å². The summed E-state index contributed by atoms with van der Waals surface area (Å²) < 4.78 is 0. The molecule has 0 bridgehead atoms. The Morgan fingerprint density at radius 1 is 1.41 bits per heavy atom. The van der Waals surface area contributed by atoms with Crippen molar-refractivity contribution in [1.29, 1.82) is 0 Å². The fourth-order valence-corrected chi connectivity index (χ4v) is 2.45. The van der Waals surface area contributed by atoms with E-state index in [4.69, 9.17) is 5.11 Å². The van der Waals surface area contributed by atoms with Crippen LogP contribution in [0.4, 0.5) is 0 Å². The largest absolute Gasteiger partial charge is 0.479 e. The molecule has 2 unspecified atom stereocenters. The van der Waals surface area contributed by atoms with Crippen molar-refractivity contribution in [2.24, 2.45) is 0 Å². The molecule has 6 heteroatoms. The standard InChI is InChI=1S/C11H11BrO4S/c1-5(13)9(12)8-6(10(14)11(15)16)3-2-4-7(8)17/h2-4,9-10,14,17H,1H3,(H,15,16). The number of hydrogen-bond donors (Lipinski definition) is 3. The third-order valence-electron chi connectivity index (χ3n) is 2.26. The molecule has 0 aliphatic rings. The van der Waals surface area contributed by atoms with Gasteiger partial charge in [0.15, 0.2) is 6.10 Å². The molecule has 0 radical (unpaired) electrons. The fraction of sp³-hybridized carbons (Fsp3) is 0.273. The molecule has 0 spiro atoms. The van der Waals surface area contributed by atoms with Gasteiger partial charge in [-0.3, -0.25) is 4.79 Å². The van der Waals surface area contributed by atoms with Gasteiger partial charge in [-0.05, 0) is 24.1 Å². The predicted molar refractivity (Wildman–Crippen MR) is 68.6 cm³/mol. The van der Waals surface area contributed by atoms with E-state index in [9.17, 15) is 14.7 Å². The summed E-state index contributed by atoms with van der Waals surface area (Å²) in [7, 11) is 0. The number of carbonyl (C=O) groups excluding carboxylic acids is 1. The van der Waals surface area contributed by atoms with Crippen LogP contribution in [0.5, 0.6) is 0 Å². The number of rotatable bonds is 4. The first-order chi connectivity index (χ1) is 7.86. The Morgan fingerprint density at radius 3 is 2.47 bits per heavy atom. The minimum Gasteiger partial charge on any atom is -0.479 e. The highest BCUT2D eigenvalue weighted by molar-refractivity contribution is 9.09. The molecule has 0 amide bonds. The van der Waals surface area contributed by atoms with Gasteiger partial charge in [0, 0.05) is 4.90 Å². The quantitative estimate of drug-likeness (QED) is 0.587. The summed E-state index contributed by atoms with van der Waals surface area (Å²) in [6, 6.07) is 4.67. The van der Waals surface area contributed by atoms with E-state index in [1.165, 1.54) is 13.0 Å². The molecule has 2 atom stereocenters. The number of aliphatic hydroxyl groups excluding tert-OH is 1. The molecule has 0 saturated carbocycles. The Kier molecular flexibility index (Phi) is 4.73. The van der Waals surface area contributed by atoms with E-state index in [0.717, 1.165) is 0 Å². The van der Waals surface area contributed by atoms with Crippen LogP contribution in [0.15, 0.2) is 23.1 Å². The lowest BCUT2D eigenvalue weighted by atomic mass is 9.98. The van der Waals surface area contributed by atoms with E-state index < -0.39 is 16.9 Å². The molecule has 0 aliphatic heterocycles. The van der Waals surface area contributed by atoms with Gasteiger partial charge in [-0.15, -0.1) is 12.6 Å². The highest BCUT2D eigenvalue weighted by atomic mass is 79.9. The smallest absolute Gasteiger partial charge is 0.337 e. The van der Waals surface area contributed by atoms with E-state index in [2.05, 4.69) is 28.6 Å². The molecule has 92 valence electrons. The Morgan fingerprint density at radius 2 is 2.00 bits per heavy atom. The molecule has 17 heavy (non-hydrogen) atoms. The minimum absolute atomic E-state index is 0.169. The predicted octanol–water partition coefficient (Wildman–Crippen LogP) is 2.12. The molecule has 0 aromatic heterocycles. The number of aliphatic hydroxyl groups is 1. The maximum atomic E-state index is 11.3. The monoisotopic (exact) mass is 318 g/mol. The molecule has 1 rings (SSSR count). The zero-order valence-corrected chi connectivity index (χ0v) is 11.4. The van der Waals surface area contributed by atoms with Crippen molar-refractivity contribution in [3.63, 3.8) is 0 Å². The maximum Gasteiger partial charge on any atom is 0.337 e. The van der Waals surface area contributed by atoms with Crippen molar-refractivity contribution in [2.45, 2.75) is 22.8 Å². The van der Waals surface area contributed by atoms with Crippen LogP contribution in [0, 0.1) is 0 Å². The lowest BCUT2D eigenvalue weighted by molar-refractivity contribution is -0.147. The van der Waals surface area contributed by atoms with E-state index in [-0.39, 0.29) is 11.3 Å². The first kappa shape index (κ1) is 14.2. The zero-order valence-electron chi connectivity index (χ0n) is 8.92. The first-order valence-corrected chi connectivity index (χ1v) is 6.09. The second-order valence-corrected chi connectivity index (χ2v) is 4.89. The molecule has 0 fully saturated rings. The number of carboxylic acid groups (broad SMARTS) is 1. The Hall–Kier alpha value is -0.850. The third-order valence-corrected chi connectivity index (χ3v) is 3.75. The van der Waals surface area contributed by atoms with Crippen LogP contribution >= 0.6 is 28.6 Å². The normalized spacial score (nSPS) is 14.1. The van der Waals surface area contributed by atoms with Gasteiger partial charge in [0.2, 0.25) is 0 Å². The van der Waals surface area contributed by atoms with Gasteiger partial charge in [-0.2, -0.15) is 0 Å². The Bertz CT molecular complexity index is 461. The van der Waals surface area contributed by atoms with Gasteiger partial charge >= 0.3 is 5.97 Å². The zero-order chi connectivity index (χ0) is 13.2. The number of alkyl halides is 1. The number of carboxylic acids is 1. The second kappa shape index (κ2) is 5.66. The topological polar surface area (TPSA) is 74.6 Å². The van der Waals surface area contributed by atoms with Crippen molar-refractivity contribution in [1.82, 2.24) is 0 Å². The van der Waals surface area contributed by atoms with Crippen molar-refractivity contribution in [3.05, 3.63) is 29.3 Å². The van der Waals surface area contributed by atoms with Gasteiger partial charge in [-0.1, -0.05) is 28.1 Å². The van der Waals surface area contributed by atoms with Crippen LogP contribution in [-0.4, -0.2) is 22.0 Å². The summed E-state index contributed by atoms with van der Waals surface area (Å²) in [5.41, 5.74) is 0.556. The van der Waals surface area contributed by atoms with Crippen LogP contribution in [0.25, 0.3) is 0 Å². The summed E-state index contributed by atoms with van der Waals surface area (Å²) in [6.45, 7) is 1.37. The lowest BCUT2D eigenvalue weighted by Crippen LogP contribution is -2.15.